The minimum absolute atomic E-state index is 0.244. The molecular formula is C7H9NO3. The summed E-state index contributed by atoms with van der Waals surface area (Å²) < 4.78 is 5.03. The first kappa shape index (κ1) is 8.10. The van der Waals surface area contributed by atoms with Gasteiger partial charge < -0.3 is 4.74 Å². The predicted molar refractivity (Wildman–Crippen MR) is 37.9 cm³/mol. The molecule has 1 fully saturated rings. The summed E-state index contributed by atoms with van der Waals surface area (Å²) in [5, 5.41) is 2.77. The molecule has 2 unspecified atom stereocenters. The fourth-order valence-corrected chi connectivity index (χ4v) is 0.877. The van der Waals surface area contributed by atoms with Crippen LogP contribution in [0.4, 0.5) is 0 Å². The van der Waals surface area contributed by atoms with Crippen LogP contribution in [0.25, 0.3) is 0 Å². The van der Waals surface area contributed by atoms with Crippen LogP contribution in [0.5, 0.6) is 0 Å². The summed E-state index contributed by atoms with van der Waals surface area (Å²) in [4.78, 5) is 20.7. The second kappa shape index (κ2) is 3.41. The molecule has 0 aromatic carbocycles. The number of Topliss-reactive ketones (excluding diaryl/α,β-unsaturated/α-hetero) is 1. The second-order valence-electron chi connectivity index (χ2n) is 2.23. The summed E-state index contributed by atoms with van der Waals surface area (Å²) in [5.74, 6) is -0.477. The lowest BCUT2D eigenvalue weighted by Gasteiger charge is -2.02. The Hall–Kier alpha value is -1.00. The van der Waals surface area contributed by atoms with Gasteiger partial charge in [0, 0.05) is 0 Å². The molecule has 0 aromatic rings. The van der Waals surface area contributed by atoms with Gasteiger partial charge in [0.2, 0.25) is 5.78 Å². The van der Waals surface area contributed by atoms with Gasteiger partial charge in [-0.15, -0.1) is 0 Å². The molecule has 0 saturated carbocycles. The van der Waals surface area contributed by atoms with Crippen molar-refractivity contribution in [1.82, 2.24) is 5.32 Å². The third-order valence-electron chi connectivity index (χ3n) is 1.48. The zero-order chi connectivity index (χ0) is 8.27. The summed E-state index contributed by atoms with van der Waals surface area (Å²) in [6.45, 7) is 3.72. The topological polar surface area (TPSA) is 55.4 Å². The highest BCUT2D eigenvalue weighted by molar-refractivity contribution is 6.27. The zero-order valence-electron chi connectivity index (χ0n) is 5.95. The molecule has 0 spiro atoms. The van der Waals surface area contributed by atoms with Gasteiger partial charge in [-0.1, -0.05) is 6.58 Å². The van der Waals surface area contributed by atoms with Crippen molar-refractivity contribution in [3.8, 4) is 0 Å². The Morgan fingerprint density at radius 1 is 1.73 bits per heavy atom. The van der Waals surface area contributed by atoms with Gasteiger partial charge in [-0.2, -0.15) is 0 Å². The summed E-state index contributed by atoms with van der Waals surface area (Å²) in [5.41, 5.74) is 0. The molecule has 1 aliphatic rings. The van der Waals surface area contributed by atoms with Crippen LogP contribution in [0.1, 0.15) is 0 Å². The van der Waals surface area contributed by atoms with Gasteiger partial charge in [0.05, 0.1) is 12.6 Å². The number of hydrogen-bond donors (Lipinski definition) is 1. The Labute approximate surface area is 64.2 Å². The Morgan fingerprint density at radius 2 is 2.45 bits per heavy atom. The molecule has 1 N–H and O–H groups in total. The van der Waals surface area contributed by atoms with E-state index in [1.165, 1.54) is 6.08 Å². The maximum atomic E-state index is 10.7. The number of nitrogens with one attached hydrogen (secondary N) is 1. The van der Waals surface area contributed by atoms with Crippen LogP contribution in [0.15, 0.2) is 12.7 Å². The quantitative estimate of drug-likeness (QED) is 0.331. The highest BCUT2D eigenvalue weighted by Gasteiger charge is 2.27. The van der Waals surface area contributed by atoms with Crippen molar-refractivity contribution in [3.05, 3.63) is 12.7 Å². The first-order valence-electron chi connectivity index (χ1n) is 3.27. The molecule has 4 nitrogen and oxygen atoms in total. The number of ether oxygens (including phenoxy) is 1. The first-order valence-corrected chi connectivity index (χ1v) is 3.27. The van der Waals surface area contributed by atoms with Gasteiger partial charge in [-0.25, -0.2) is 0 Å². The average molecular weight is 155 g/mol. The number of carbonyl (C=O) groups is 2. The molecular weight excluding hydrogens is 146 g/mol. The molecule has 0 aromatic heterocycles. The number of aldehydes is 1. The maximum Gasteiger partial charge on any atom is 0.214 e. The molecule has 2 atom stereocenters. The Bertz CT molecular complexity index is 190. The Balaban J connectivity index is 2.47. The molecule has 0 amide bonds. The Kier molecular flexibility index (Phi) is 2.51. The number of hydrogen-bond acceptors (Lipinski definition) is 4. The van der Waals surface area contributed by atoms with Crippen LogP contribution < -0.4 is 5.32 Å². The third-order valence-corrected chi connectivity index (χ3v) is 1.48. The average Bonchev–Trinajstić information content (AvgIpc) is 2.50. The van der Waals surface area contributed by atoms with E-state index in [-0.39, 0.29) is 12.8 Å². The van der Waals surface area contributed by atoms with Crippen LogP contribution in [-0.4, -0.2) is 30.9 Å². The first-order chi connectivity index (χ1) is 5.27. The smallest absolute Gasteiger partial charge is 0.214 e. The number of carbonyl (C=O) groups excluding carboxylic acids is 2. The van der Waals surface area contributed by atoms with Crippen LogP contribution in [0.3, 0.4) is 0 Å². The van der Waals surface area contributed by atoms with E-state index in [1.54, 1.807) is 0 Å². The molecule has 0 bridgehead atoms. The normalized spacial score (nSPS) is 29.8. The van der Waals surface area contributed by atoms with Crippen molar-refractivity contribution in [2.75, 3.05) is 6.61 Å². The van der Waals surface area contributed by atoms with Crippen molar-refractivity contribution in [1.29, 1.82) is 0 Å². The van der Waals surface area contributed by atoms with E-state index in [0.717, 1.165) is 0 Å². The molecule has 1 aliphatic heterocycles. The van der Waals surface area contributed by atoms with Crippen LogP contribution in [0.2, 0.25) is 0 Å². The van der Waals surface area contributed by atoms with Crippen LogP contribution in [0, 0.1) is 0 Å². The molecule has 1 heterocycles. The van der Waals surface area contributed by atoms with E-state index in [9.17, 15) is 9.59 Å². The summed E-state index contributed by atoms with van der Waals surface area (Å²) in [7, 11) is 0. The monoisotopic (exact) mass is 155 g/mol. The van der Waals surface area contributed by atoms with E-state index in [1.807, 2.05) is 0 Å². The molecule has 1 rings (SSSR count). The van der Waals surface area contributed by atoms with E-state index < -0.39 is 11.8 Å². The summed E-state index contributed by atoms with van der Waals surface area (Å²) in [6.07, 6.45) is 1.54. The van der Waals surface area contributed by atoms with Crippen molar-refractivity contribution < 1.29 is 14.3 Å². The molecule has 0 aliphatic carbocycles. The molecule has 4 heteroatoms. The van der Waals surface area contributed by atoms with Gasteiger partial charge in [0.1, 0.15) is 6.23 Å². The van der Waals surface area contributed by atoms with Crippen molar-refractivity contribution in [2.24, 2.45) is 0 Å². The maximum absolute atomic E-state index is 10.7. The lowest BCUT2D eigenvalue weighted by molar-refractivity contribution is -0.131. The summed E-state index contributed by atoms with van der Waals surface area (Å²) >= 11 is 0. The Morgan fingerprint density at radius 3 is 2.91 bits per heavy atom. The van der Waals surface area contributed by atoms with Crippen LogP contribution >= 0.6 is 0 Å². The number of rotatable bonds is 3. The van der Waals surface area contributed by atoms with Gasteiger partial charge >= 0.3 is 0 Å². The minimum Gasteiger partial charge on any atom is -0.358 e. The fraction of sp³-hybridized carbons (Fsp3) is 0.429. The molecule has 0 radical (unpaired) electrons. The van der Waals surface area contributed by atoms with Crippen molar-refractivity contribution in [3.63, 3.8) is 0 Å². The molecule has 11 heavy (non-hydrogen) atoms. The number of ketones is 1. The predicted octanol–water partition coefficient (Wildman–Crippen LogP) is -0.745. The lowest BCUT2D eigenvalue weighted by Crippen LogP contribution is -2.36. The minimum atomic E-state index is -0.490. The van der Waals surface area contributed by atoms with Gasteiger partial charge in [-0.05, 0) is 6.08 Å². The van der Waals surface area contributed by atoms with E-state index in [4.69, 9.17) is 4.74 Å². The molecule has 60 valence electrons. The highest BCUT2D eigenvalue weighted by atomic mass is 16.5. The molecule has 1 saturated heterocycles. The second-order valence-corrected chi connectivity index (χ2v) is 2.23. The van der Waals surface area contributed by atoms with Gasteiger partial charge in [-0.3, -0.25) is 14.9 Å². The van der Waals surface area contributed by atoms with E-state index in [2.05, 4.69) is 11.9 Å². The van der Waals surface area contributed by atoms with Gasteiger partial charge in [0.25, 0.3) is 0 Å². The van der Waals surface area contributed by atoms with Crippen molar-refractivity contribution >= 4 is 12.1 Å². The van der Waals surface area contributed by atoms with Crippen molar-refractivity contribution in [2.45, 2.75) is 12.3 Å². The summed E-state index contributed by atoms with van der Waals surface area (Å²) in [6, 6.07) is -0.490. The highest BCUT2D eigenvalue weighted by Crippen LogP contribution is 2.03. The third kappa shape index (κ3) is 1.72. The zero-order valence-corrected chi connectivity index (χ0v) is 5.95. The van der Waals surface area contributed by atoms with E-state index >= 15 is 0 Å². The van der Waals surface area contributed by atoms with Crippen LogP contribution in [-0.2, 0) is 14.3 Å². The lowest BCUT2D eigenvalue weighted by atomic mass is 10.2. The SMILES string of the molecule is C=CC1NC(C(=O)C=O)CO1. The fourth-order valence-electron chi connectivity index (χ4n) is 0.877. The van der Waals surface area contributed by atoms with E-state index in [0.29, 0.717) is 6.29 Å². The largest absolute Gasteiger partial charge is 0.358 e. The standard InChI is InChI=1S/C7H9NO3/c1-2-7-8-5(4-11-7)6(10)3-9/h2-3,5,7-8H,1,4H2. The van der Waals surface area contributed by atoms with Gasteiger partial charge in [0.15, 0.2) is 6.29 Å².